The lowest BCUT2D eigenvalue weighted by atomic mass is 9.81. The van der Waals surface area contributed by atoms with Crippen molar-refractivity contribution < 1.29 is 0 Å². The Bertz CT molecular complexity index is 490. The van der Waals surface area contributed by atoms with Gasteiger partial charge in [0.15, 0.2) is 0 Å². The number of piperazine rings is 1. The molecule has 0 amide bonds. The topological polar surface area (TPSA) is 28.2 Å². The summed E-state index contributed by atoms with van der Waals surface area (Å²) in [6.45, 7) is 12.5. The Kier molecular flexibility index (Phi) is 4.15. The normalized spacial score (nSPS) is 29.7. The fourth-order valence-electron chi connectivity index (χ4n) is 3.94. The number of nitrogens with one attached hydrogen (secondary N) is 1. The van der Waals surface area contributed by atoms with Gasteiger partial charge >= 0.3 is 0 Å². The second-order valence-electron chi connectivity index (χ2n) is 7.19. The van der Waals surface area contributed by atoms with Crippen molar-refractivity contribution in [2.24, 2.45) is 5.92 Å². The summed E-state index contributed by atoms with van der Waals surface area (Å²) in [5.74, 6) is 0.879. The first-order valence-corrected chi connectivity index (χ1v) is 9.30. The molecule has 1 saturated carbocycles. The number of hydrogen-bond acceptors (Lipinski definition) is 4. The first kappa shape index (κ1) is 15.4. The van der Waals surface area contributed by atoms with Crippen molar-refractivity contribution in [2.45, 2.75) is 71.0 Å². The van der Waals surface area contributed by atoms with E-state index >= 15 is 0 Å². The van der Waals surface area contributed by atoms with Gasteiger partial charge in [0.2, 0.25) is 0 Å². The van der Waals surface area contributed by atoms with E-state index in [4.69, 9.17) is 4.98 Å². The smallest absolute Gasteiger partial charge is 0.0897 e. The Labute approximate surface area is 133 Å². The van der Waals surface area contributed by atoms with Gasteiger partial charge in [-0.2, -0.15) is 0 Å². The summed E-state index contributed by atoms with van der Waals surface area (Å²) < 4.78 is 0. The van der Waals surface area contributed by atoms with Crippen LogP contribution in [0.5, 0.6) is 0 Å². The average molecular weight is 308 g/mol. The Morgan fingerprint density at radius 2 is 2.10 bits per heavy atom. The zero-order chi connectivity index (χ0) is 15.1. The first-order chi connectivity index (χ1) is 10.0. The lowest BCUT2D eigenvalue weighted by Crippen LogP contribution is -2.69. The van der Waals surface area contributed by atoms with Gasteiger partial charge in [0.1, 0.15) is 0 Å². The minimum atomic E-state index is 0.298. The van der Waals surface area contributed by atoms with Crippen LogP contribution in [0.2, 0.25) is 0 Å². The summed E-state index contributed by atoms with van der Waals surface area (Å²) in [5.41, 5.74) is 1.86. The van der Waals surface area contributed by atoms with Gasteiger partial charge in [0, 0.05) is 36.1 Å². The Hall–Kier alpha value is -0.450. The number of hydrogen-bond donors (Lipinski definition) is 1. The third kappa shape index (κ3) is 2.90. The first-order valence-electron chi connectivity index (χ1n) is 8.42. The van der Waals surface area contributed by atoms with Gasteiger partial charge in [-0.1, -0.05) is 13.8 Å². The minimum absolute atomic E-state index is 0.298. The Morgan fingerprint density at radius 1 is 1.38 bits per heavy atom. The summed E-state index contributed by atoms with van der Waals surface area (Å²) in [5, 5.41) is 7.33. The molecule has 118 valence electrons. The Balaban J connectivity index is 1.82. The lowest BCUT2D eigenvalue weighted by molar-refractivity contribution is -0.0104. The zero-order valence-electron chi connectivity index (χ0n) is 13.9. The molecule has 1 unspecified atom stereocenters. The fourth-order valence-corrected chi connectivity index (χ4v) is 4.54. The number of nitrogens with zero attached hydrogens (tertiary/aromatic N) is 2. The van der Waals surface area contributed by atoms with Crippen LogP contribution in [0, 0.1) is 12.8 Å². The number of thiazole rings is 1. The maximum Gasteiger partial charge on any atom is 0.0897 e. The molecule has 2 fully saturated rings. The molecule has 1 aliphatic carbocycles. The van der Waals surface area contributed by atoms with Crippen molar-refractivity contribution in [3.8, 4) is 0 Å². The molecule has 2 heterocycles. The molecule has 0 radical (unpaired) electrons. The van der Waals surface area contributed by atoms with Crippen LogP contribution in [0.4, 0.5) is 0 Å². The largest absolute Gasteiger partial charge is 0.308 e. The van der Waals surface area contributed by atoms with E-state index in [2.05, 4.69) is 43.3 Å². The van der Waals surface area contributed by atoms with Crippen LogP contribution in [-0.2, 0) is 6.54 Å². The van der Waals surface area contributed by atoms with Crippen molar-refractivity contribution >= 4 is 11.3 Å². The van der Waals surface area contributed by atoms with Gasteiger partial charge < -0.3 is 5.32 Å². The van der Waals surface area contributed by atoms with Gasteiger partial charge in [-0.3, -0.25) is 4.90 Å². The molecule has 1 aromatic heterocycles. The quantitative estimate of drug-likeness (QED) is 0.901. The molecule has 2 aliphatic rings. The van der Waals surface area contributed by atoms with Crippen LogP contribution in [0.3, 0.4) is 0 Å². The maximum atomic E-state index is 4.70. The summed E-state index contributed by atoms with van der Waals surface area (Å²) in [6, 6.07) is 0. The number of aromatic nitrogens is 1. The van der Waals surface area contributed by atoms with Gasteiger partial charge in [0.25, 0.3) is 0 Å². The van der Waals surface area contributed by atoms with E-state index in [0.717, 1.165) is 25.6 Å². The molecule has 0 spiro atoms. The minimum Gasteiger partial charge on any atom is -0.308 e. The Morgan fingerprint density at radius 3 is 2.62 bits per heavy atom. The molecule has 0 bridgehead atoms. The van der Waals surface area contributed by atoms with Crippen molar-refractivity contribution in [1.29, 1.82) is 0 Å². The number of rotatable bonds is 5. The van der Waals surface area contributed by atoms with Gasteiger partial charge in [-0.15, -0.1) is 11.3 Å². The van der Waals surface area contributed by atoms with Crippen LogP contribution < -0.4 is 5.32 Å². The molecule has 1 aromatic rings. The zero-order valence-corrected chi connectivity index (χ0v) is 14.7. The van der Waals surface area contributed by atoms with Gasteiger partial charge in [-0.05, 0) is 45.4 Å². The van der Waals surface area contributed by atoms with Crippen LogP contribution in [0.25, 0.3) is 0 Å². The van der Waals surface area contributed by atoms with Crippen molar-refractivity contribution in [2.75, 3.05) is 13.1 Å². The third-order valence-electron chi connectivity index (χ3n) is 5.83. The van der Waals surface area contributed by atoms with E-state index in [9.17, 15) is 0 Å². The van der Waals surface area contributed by atoms with Gasteiger partial charge in [-0.25, -0.2) is 4.98 Å². The summed E-state index contributed by atoms with van der Waals surface area (Å²) in [7, 11) is 0. The van der Waals surface area contributed by atoms with Crippen molar-refractivity contribution in [1.82, 2.24) is 15.2 Å². The monoisotopic (exact) mass is 307 g/mol. The van der Waals surface area contributed by atoms with Crippen LogP contribution in [0.1, 0.15) is 57.2 Å². The second-order valence-corrected chi connectivity index (χ2v) is 8.25. The molecule has 21 heavy (non-hydrogen) atoms. The molecule has 1 N–H and O–H groups in total. The summed E-state index contributed by atoms with van der Waals surface area (Å²) in [6.07, 6.45) is 5.22. The van der Waals surface area contributed by atoms with Crippen LogP contribution in [0.15, 0.2) is 5.38 Å². The molecule has 4 heteroatoms. The van der Waals surface area contributed by atoms with Crippen molar-refractivity contribution in [3.05, 3.63) is 16.1 Å². The van der Waals surface area contributed by atoms with E-state index in [1.165, 1.54) is 36.4 Å². The van der Waals surface area contributed by atoms with E-state index in [1.807, 2.05) is 0 Å². The molecule has 1 atom stereocenters. The molecule has 3 nitrogen and oxygen atoms in total. The van der Waals surface area contributed by atoms with E-state index in [-0.39, 0.29) is 0 Å². The average Bonchev–Trinajstić information content (AvgIpc) is 3.25. The molecule has 0 aromatic carbocycles. The molecule has 3 rings (SSSR count). The highest BCUT2D eigenvalue weighted by Gasteiger charge is 2.49. The van der Waals surface area contributed by atoms with E-state index in [0.29, 0.717) is 11.1 Å². The summed E-state index contributed by atoms with van der Waals surface area (Å²) >= 11 is 1.77. The van der Waals surface area contributed by atoms with E-state index in [1.54, 1.807) is 11.3 Å². The highest BCUT2D eigenvalue weighted by molar-refractivity contribution is 7.09. The fraction of sp³-hybridized carbons (Fsp3) is 0.824. The maximum absolute atomic E-state index is 4.70. The van der Waals surface area contributed by atoms with Crippen LogP contribution in [-0.4, -0.2) is 34.1 Å². The summed E-state index contributed by atoms with van der Waals surface area (Å²) in [4.78, 5) is 7.44. The molecule has 1 saturated heterocycles. The highest BCUT2D eigenvalue weighted by Crippen LogP contribution is 2.44. The standard InChI is InChI=1S/C17H29N3S/c1-5-17(6-2)11-18-16(4,14-7-8-14)12-20(17)9-15-10-21-13(3)19-15/h10,14,18H,5-9,11-12H2,1-4H3. The third-order valence-corrected chi connectivity index (χ3v) is 6.65. The van der Waals surface area contributed by atoms with Gasteiger partial charge in [0.05, 0.1) is 10.7 Å². The van der Waals surface area contributed by atoms with Crippen LogP contribution >= 0.6 is 11.3 Å². The van der Waals surface area contributed by atoms with Crippen molar-refractivity contribution in [3.63, 3.8) is 0 Å². The SMILES string of the molecule is CCC1(CC)CNC(C)(C2CC2)CN1Cc1csc(C)n1. The molecule has 1 aliphatic heterocycles. The predicted molar refractivity (Wildman–Crippen MR) is 89.7 cm³/mol. The highest BCUT2D eigenvalue weighted by atomic mass is 32.1. The number of aryl methyl sites for hydroxylation is 1. The lowest BCUT2D eigenvalue weighted by Gasteiger charge is -2.53. The van der Waals surface area contributed by atoms with E-state index < -0.39 is 0 Å². The second kappa shape index (κ2) is 5.64. The molecular formula is C17H29N3S. The predicted octanol–water partition coefficient (Wildman–Crippen LogP) is 3.58. The molecular weight excluding hydrogens is 278 g/mol.